The number of rotatable bonds is 6. The van der Waals surface area contributed by atoms with Gasteiger partial charge in [-0.3, -0.25) is 0 Å². The van der Waals surface area contributed by atoms with Gasteiger partial charge in [-0.15, -0.1) is 0 Å². The summed E-state index contributed by atoms with van der Waals surface area (Å²) in [5.74, 6) is 0.706. The van der Waals surface area contributed by atoms with Crippen molar-refractivity contribution in [3.63, 3.8) is 0 Å². The largest absolute Gasteiger partial charge is 0.228 e. The Hall–Kier alpha value is -7.16. The Morgan fingerprint density at radius 2 is 0.759 bits per heavy atom. The summed E-state index contributed by atoms with van der Waals surface area (Å²) in [5, 5.41) is 7.56. The van der Waals surface area contributed by atoms with Crippen LogP contribution in [0, 0.1) is 0 Å². The minimum Gasteiger partial charge on any atom is -0.228 e. The lowest BCUT2D eigenvalue weighted by molar-refractivity contribution is 1.18. The Morgan fingerprint density at radius 1 is 0.241 bits per heavy atom. The molecule has 0 atom stereocenters. The molecule has 0 radical (unpaired) electrons. The number of hydrogen-bond acceptors (Lipinski definition) is 2. The van der Waals surface area contributed by atoms with E-state index in [1.54, 1.807) is 0 Å². The number of benzene rings is 9. The van der Waals surface area contributed by atoms with E-state index >= 15 is 0 Å². The predicted octanol–water partition coefficient (Wildman–Crippen LogP) is 13.9. The van der Waals surface area contributed by atoms with Gasteiger partial charge in [0.05, 0.1) is 11.4 Å². The van der Waals surface area contributed by atoms with Crippen molar-refractivity contribution >= 4 is 32.3 Å². The van der Waals surface area contributed by atoms with Crippen LogP contribution in [0.15, 0.2) is 206 Å². The molecule has 0 fully saturated rings. The van der Waals surface area contributed by atoms with E-state index in [1.807, 2.05) is 24.3 Å². The Labute approximate surface area is 314 Å². The molecule has 0 aliphatic rings. The fourth-order valence-electron chi connectivity index (χ4n) is 7.77. The van der Waals surface area contributed by atoms with Gasteiger partial charge in [-0.1, -0.05) is 182 Å². The van der Waals surface area contributed by atoms with Crippen LogP contribution < -0.4 is 0 Å². The predicted molar refractivity (Wildman–Crippen MR) is 227 cm³/mol. The Bertz CT molecular complexity index is 2970. The topological polar surface area (TPSA) is 25.8 Å². The van der Waals surface area contributed by atoms with Crippen LogP contribution in [0.4, 0.5) is 0 Å². The van der Waals surface area contributed by atoms with E-state index in [0.29, 0.717) is 5.82 Å². The van der Waals surface area contributed by atoms with Crippen LogP contribution in [0.5, 0.6) is 0 Å². The van der Waals surface area contributed by atoms with E-state index in [0.717, 1.165) is 39.2 Å². The molecular weight excluding hydrogens is 653 g/mol. The van der Waals surface area contributed by atoms with Gasteiger partial charge in [0, 0.05) is 16.7 Å². The average molecular weight is 687 g/mol. The van der Waals surface area contributed by atoms with Gasteiger partial charge in [-0.2, -0.15) is 0 Å². The zero-order chi connectivity index (χ0) is 35.8. The molecule has 9 aromatic carbocycles. The highest BCUT2D eigenvalue weighted by Crippen LogP contribution is 2.41. The molecule has 1 heterocycles. The number of fused-ring (bicyclic) bond motifs is 4. The molecule has 0 spiro atoms. The van der Waals surface area contributed by atoms with Gasteiger partial charge in [0.2, 0.25) is 0 Å². The third kappa shape index (κ3) is 5.81. The highest BCUT2D eigenvalue weighted by atomic mass is 14.9. The van der Waals surface area contributed by atoms with Gasteiger partial charge in [0.1, 0.15) is 0 Å². The summed E-state index contributed by atoms with van der Waals surface area (Å²) in [6, 6.07) is 73.5. The minimum atomic E-state index is 0.706. The van der Waals surface area contributed by atoms with Crippen molar-refractivity contribution in [2.45, 2.75) is 0 Å². The van der Waals surface area contributed by atoms with Gasteiger partial charge >= 0.3 is 0 Å². The van der Waals surface area contributed by atoms with Gasteiger partial charge in [0.25, 0.3) is 0 Å². The van der Waals surface area contributed by atoms with Crippen LogP contribution in [0.3, 0.4) is 0 Å². The molecule has 54 heavy (non-hydrogen) atoms. The first kappa shape index (κ1) is 31.6. The molecule has 0 aliphatic carbocycles. The van der Waals surface area contributed by atoms with Crippen LogP contribution in [0.1, 0.15) is 0 Å². The van der Waals surface area contributed by atoms with Crippen molar-refractivity contribution in [1.82, 2.24) is 9.97 Å². The van der Waals surface area contributed by atoms with Gasteiger partial charge in [0.15, 0.2) is 5.82 Å². The summed E-state index contributed by atoms with van der Waals surface area (Å²) < 4.78 is 0. The summed E-state index contributed by atoms with van der Waals surface area (Å²) in [7, 11) is 0. The molecule has 0 amide bonds. The van der Waals surface area contributed by atoms with E-state index in [-0.39, 0.29) is 0 Å². The van der Waals surface area contributed by atoms with Crippen molar-refractivity contribution in [3.8, 4) is 67.3 Å². The lowest BCUT2D eigenvalue weighted by Gasteiger charge is -2.15. The van der Waals surface area contributed by atoms with Gasteiger partial charge < -0.3 is 0 Å². The molecule has 2 heteroatoms. The molecule has 0 unspecified atom stereocenters. The fraction of sp³-hybridized carbons (Fsp3) is 0. The maximum Gasteiger partial charge on any atom is 0.160 e. The maximum absolute atomic E-state index is 5.15. The van der Waals surface area contributed by atoms with E-state index in [1.165, 1.54) is 54.6 Å². The molecule has 0 N–H and O–H groups in total. The van der Waals surface area contributed by atoms with Crippen LogP contribution in [0.2, 0.25) is 0 Å². The van der Waals surface area contributed by atoms with E-state index in [4.69, 9.17) is 9.97 Å². The number of hydrogen-bond donors (Lipinski definition) is 0. The van der Waals surface area contributed by atoms with E-state index in [2.05, 4.69) is 182 Å². The summed E-state index contributed by atoms with van der Waals surface area (Å²) in [6.45, 7) is 0. The maximum atomic E-state index is 5.15. The second-order valence-electron chi connectivity index (χ2n) is 13.8. The molecule has 0 saturated heterocycles. The monoisotopic (exact) mass is 686 g/mol. The summed E-state index contributed by atoms with van der Waals surface area (Å²) >= 11 is 0. The van der Waals surface area contributed by atoms with E-state index < -0.39 is 0 Å². The third-order valence-electron chi connectivity index (χ3n) is 10.5. The number of nitrogens with zero attached hydrogens (tertiary/aromatic N) is 2. The molecule has 0 saturated carbocycles. The summed E-state index contributed by atoms with van der Waals surface area (Å²) in [5.41, 5.74) is 12.0. The lowest BCUT2D eigenvalue weighted by atomic mass is 9.88. The van der Waals surface area contributed by atoms with Gasteiger partial charge in [-0.05, 0) is 90.0 Å². The summed E-state index contributed by atoms with van der Waals surface area (Å²) in [6.07, 6.45) is 0. The van der Waals surface area contributed by atoms with Crippen molar-refractivity contribution in [2.24, 2.45) is 0 Å². The SMILES string of the molecule is c1ccc(-c2ccc(-c3cc(-c4cccc(-c5cccc(-c6c7ccccc7cc7c6ccc6ccccc67)c5)c4)nc(-c4ccccc4)n3)cc2)cc1. The van der Waals surface area contributed by atoms with Crippen molar-refractivity contribution in [2.75, 3.05) is 0 Å². The molecular formula is C52H34N2. The van der Waals surface area contributed by atoms with E-state index in [9.17, 15) is 0 Å². The number of aromatic nitrogens is 2. The average Bonchev–Trinajstić information content (AvgIpc) is 3.26. The molecule has 2 nitrogen and oxygen atoms in total. The zero-order valence-corrected chi connectivity index (χ0v) is 29.5. The van der Waals surface area contributed by atoms with Gasteiger partial charge in [-0.25, -0.2) is 9.97 Å². The third-order valence-corrected chi connectivity index (χ3v) is 10.5. The van der Waals surface area contributed by atoms with Crippen molar-refractivity contribution in [1.29, 1.82) is 0 Å². The quantitative estimate of drug-likeness (QED) is 0.129. The first-order valence-electron chi connectivity index (χ1n) is 18.4. The highest BCUT2D eigenvalue weighted by Gasteiger charge is 2.15. The Balaban J connectivity index is 1.08. The minimum absolute atomic E-state index is 0.706. The van der Waals surface area contributed by atoms with Crippen LogP contribution in [0.25, 0.3) is 99.6 Å². The Morgan fingerprint density at radius 3 is 1.50 bits per heavy atom. The smallest absolute Gasteiger partial charge is 0.160 e. The molecule has 1 aromatic heterocycles. The second-order valence-corrected chi connectivity index (χ2v) is 13.8. The van der Waals surface area contributed by atoms with Crippen LogP contribution in [-0.2, 0) is 0 Å². The molecule has 10 aromatic rings. The van der Waals surface area contributed by atoms with Crippen LogP contribution in [-0.4, -0.2) is 9.97 Å². The Kier molecular flexibility index (Phi) is 7.85. The molecule has 0 bridgehead atoms. The zero-order valence-electron chi connectivity index (χ0n) is 29.5. The van der Waals surface area contributed by atoms with Crippen molar-refractivity contribution in [3.05, 3.63) is 206 Å². The van der Waals surface area contributed by atoms with Crippen molar-refractivity contribution < 1.29 is 0 Å². The first-order chi connectivity index (χ1) is 26.7. The first-order valence-corrected chi connectivity index (χ1v) is 18.4. The summed E-state index contributed by atoms with van der Waals surface area (Å²) in [4.78, 5) is 10.2. The molecule has 252 valence electrons. The standard InChI is InChI=1S/C52H34N2/c1-3-13-35(14-4-1)36-25-27-38(28-26-36)49-34-50(54-52(53-49)39-16-5-2-6-17-39)43-21-11-19-40(31-43)41-20-12-22-44(32-41)51-46-24-10-8-18-42(46)33-48-45-23-9-7-15-37(45)29-30-47(48)51/h1-34H. The molecule has 0 aliphatic heterocycles. The molecule has 10 rings (SSSR count). The van der Waals surface area contributed by atoms with Crippen LogP contribution >= 0.6 is 0 Å². The fourth-order valence-corrected chi connectivity index (χ4v) is 7.77. The highest BCUT2D eigenvalue weighted by molar-refractivity contribution is 6.20. The normalized spacial score (nSPS) is 11.3. The second kappa shape index (κ2) is 13.4. The lowest BCUT2D eigenvalue weighted by Crippen LogP contribution is -1.96.